The van der Waals surface area contributed by atoms with Crippen LogP contribution in [0.2, 0.25) is 0 Å². The van der Waals surface area contributed by atoms with E-state index < -0.39 is 0 Å². The Hall–Kier alpha value is -1.02. The Morgan fingerprint density at radius 2 is 1.89 bits per heavy atom. The van der Waals surface area contributed by atoms with Crippen molar-refractivity contribution in [3.8, 4) is 0 Å². The third-order valence-electron chi connectivity index (χ3n) is 3.02. The smallest absolute Gasteiger partial charge is 0.223 e. The molecule has 0 aliphatic carbocycles. The highest BCUT2D eigenvalue weighted by Crippen LogP contribution is 2.09. The molecular weight excluding hydrogens is 246 g/mol. The van der Waals surface area contributed by atoms with E-state index in [1.807, 2.05) is 18.7 Å². The first-order valence-corrected chi connectivity index (χ1v) is 6.99. The van der Waals surface area contributed by atoms with Crippen LogP contribution < -0.4 is 0 Å². The molecule has 1 amide bonds. The summed E-state index contributed by atoms with van der Waals surface area (Å²) in [6.45, 7) is 6.74. The normalized spacial score (nSPS) is 10.7. The maximum Gasteiger partial charge on any atom is 0.223 e. The van der Waals surface area contributed by atoms with E-state index in [1.165, 1.54) is 11.1 Å². The topological polar surface area (TPSA) is 20.3 Å². The van der Waals surface area contributed by atoms with Crippen molar-refractivity contribution in [2.24, 2.45) is 0 Å². The molecule has 0 radical (unpaired) electrons. The SMILES string of the molecule is Cc1ccc(CCC(=O)N(CCCl)C(C)C)cc1. The zero-order valence-corrected chi connectivity index (χ0v) is 12.2. The Labute approximate surface area is 115 Å². The molecule has 3 heteroatoms. The van der Waals surface area contributed by atoms with Crippen molar-refractivity contribution in [2.75, 3.05) is 12.4 Å². The minimum absolute atomic E-state index is 0.186. The van der Waals surface area contributed by atoms with Gasteiger partial charge < -0.3 is 4.90 Å². The van der Waals surface area contributed by atoms with E-state index in [1.54, 1.807) is 0 Å². The number of rotatable bonds is 6. The standard InChI is InChI=1S/C15H22ClNO/c1-12(2)17(11-10-16)15(18)9-8-14-6-4-13(3)5-7-14/h4-7,12H,8-11H2,1-3H3. The fourth-order valence-electron chi connectivity index (χ4n) is 1.91. The van der Waals surface area contributed by atoms with Gasteiger partial charge in [0, 0.05) is 24.9 Å². The summed E-state index contributed by atoms with van der Waals surface area (Å²) in [6.07, 6.45) is 1.35. The minimum Gasteiger partial charge on any atom is -0.339 e. The molecule has 0 atom stereocenters. The van der Waals surface area contributed by atoms with Crippen LogP contribution in [0.5, 0.6) is 0 Å². The monoisotopic (exact) mass is 267 g/mol. The van der Waals surface area contributed by atoms with Gasteiger partial charge in [0.15, 0.2) is 0 Å². The molecule has 18 heavy (non-hydrogen) atoms. The van der Waals surface area contributed by atoms with Gasteiger partial charge in [-0.1, -0.05) is 29.8 Å². The zero-order valence-electron chi connectivity index (χ0n) is 11.4. The number of halogens is 1. The van der Waals surface area contributed by atoms with Crippen LogP contribution in [-0.2, 0) is 11.2 Å². The molecule has 0 aliphatic rings. The maximum atomic E-state index is 12.1. The predicted molar refractivity (Wildman–Crippen MR) is 77.1 cm³/mol. The van der Waals surface area contributed by atoms with Crippen LogP contribution >= 0.6 is 11.6 Å². The first-order chi connectivity index (χ1) is 8.54. The lowest BCUT2D eigenvalue weighted by molar-refractivity contribution is -0.132. The Morgan fingerprint density at radius 3 is 2.39 bits per heavy atom. The van der Waals surface area contributed by atoms with Crippen molar-refractivity contribution in [2.45, 2.75) is 39.7 Å². The van der Waals surface area contributed by atoms with Gasteiger partial charge in [-0.25, -0.2) is 0 Å². The van der Waals surface area contributed by atoms with E-state index in [9.17, 15) is 4.79 Å². The molecule has 0 aliphatic heterocycles. The summed E-state index contributed by atoms with van der Waals surface area (Å²) in [5, 5.41) is 0. The maximum absolute atomic E-state index is 12.1. The highest BCUT2D eigenvalue weighted by Gasteiger charge is 2.15. The lowest BCUT2D eigenvalue weighted by Gasteiger charge is -2.26. The summed E-state index contributed by atoms with van der Waals surface area (Å²) in [4.78, 5) is 13.9. The molecule has 0 bridgehead atoms. The molecule has 0 spiro atoms. The first-order valence-electron chi connectivity index (χ1n) is 6.45. The second kappa shape index (κ2) is 7.42. The zero-order chi connectivity index (χ0) is 13.5. The van der Waals surface area contributed by atoms with E-state index in [0.717, 1.165) is 6.42 Å². The summed E-state index contributed by atoms with van der Waals surface area (Å²) < 4.78 is 0. The Morgan fingerprint density at radius 1 is 1.28 bits per heavy atom. The van der Waals surface area contributed by atoms with Crippen molar-refractivity contribution in [3.05, 3.63) is 35.4 Å². The first kappa shape index (κ1) is 15.0. The highest BCUT2D eigenvalue weighted by molar-refractivity contribution is 6.18. The van der Waals surface area contributed by atoms with Gasteiger partial charge in [-0.15, -0.1) is 11.6 Å². The van der Waals surface area contributed by atoms with E-state index in [4.69, 9.17) is 11.6 Å². The molecule has 1 aromatic carbocycles. The molecule has 0 saturated carbocycles. The van der Waals surface area contributed by atoms with Crippen LogP contribution in [0.3, 0.4) is 0 Å². The van der Waals surface area contributed by atoms with Crippen molar-refractivity contribution in [3.63, 3.8) is 0 Å². The number of carbonyl (C=O) groups excluding carboxylic acids is 1. The second-order valence-corrected chi connectivity index (χ2v) is 5.23. The summed E-state index contributed by atoms with van der Waals surface area (Å²) in [5.74, 6) is 0.681. The van der Waals surface area contributed by atoms with Gasteiger partial charge in [0.2, 0.25) is 5.91 Å². The van der Waals surface area contributed by atoms with Gasteiger partial charge in [-0.05, 0) is 32.8 Å². The number of benzene rings is 1. The largest absolute Gasteiger partial charge is 0.339 e. The second-order valence-electron chi connectivity index (χ2n) is 4.86. The fraction of sp³-hybridized carbons (Fsp3) is 0.533. The molecule has 2 nitrogen and oxygen atoms in total. The minimum atomic E-state index is 0.186. The molecule has 1 aromatic rings. The summed E-state index contributed by atoms with van der Waals surface area (Å²) in [5.41, 5.74) is 2.46. The lowest BCUT2D eigenvalue weighted by Crippen LogP contribution is -2.38. The van der Waals surface area contributed by atoms with Gasteiger partial charge >= 0.3 is 0 Å². The van der Waals surface area contributed by atoms with Gasteiger partial charge in [-0.3, -0.25) is 4.79 Å². The average molecular weight is 268 g/mol. The van der Waals surface area contributed by atoms with Crippen LogP contribution in [0.25, 0.3) is 0 Å². The van der Waals surface area contributed by atoms with Gasteiger partial charge in [0.05, 0.1) is 0 Å². The fourth-order valence-corrected chi connectivity index (χ4v) is 2.09. The van der Waals surface area contributed by atoms with Crippen molar-refractivity contribution in [1.29, 1.82) is 0 Å². The molecule has 100 valence electrons. The van der Waals surface area contributed by atoms with Gasteiger partial charge in [0.25, 0.3) is 0 Å². The molecule has 0 N–H and O–H groups in total. The van der Waals surface area contributed by atoms with E-state index in [0.29, 0.717) is 18.8 Å². The number of carbonyl (C=O) groups is 1. The summed E-state index contributed by atoms with van der Waals surface area (Å²) >= 11 is 5.73. The van der Waals surface area contributed by atoms with Crippen LogP contribution in [0, 0.1) is 6.92 Å². The Bertz CT molecular complexity index is 373. The van der Waals surface area contributed by atoms with Crippen LogP contribution in [0.1, 0.15) is 31.4 Å². The predicted octanol–water partition coefficient (Wildman–Crippen LogP) is 3.40. The van der Waals surface area contributed by atoms with E-state index in [2.05, 4.69) is 31.2 Å². The number of amides is 1. The van der Waals surface area contributed by atoms with Crippen LogP contribution in [0.4, 0.5) is 0 Å². The molecular formula is C15H22ClNO. The van der Waals surface area contributed by atoms with Gasteiger partial charge in [-0.2, -0.15) is 0 Å². The highest BCUT2D eigenvalue weighted by atomic mass is 35.5. The van der Waals surface area contributed by atoms with Crippen molar-refractivity contribution < 1.29 is 4.79 Å². The van der Waals surface area contributed by atoms with Crippen molar-refractivity contribution in [1.82, 2.24) is 4.90 Å². The number of alkyl halides is 1. The van der Waals surface area contributed by atoms with Crippen LogP contribution in [0.15, 0.2) is 24.3 Å². The quantitative estimate of drug-likeness (QED) is 0.724. The Balaban J connectivity index is 2.51. The molecule has 0 aromatic heterocycles. The molecule has 0 fully saturated rings. The number of nitrogens with zero attached hydrogens (tertiary/aromatic N) is 1. The lowest BCUT2D eigenvalue weighted by atomic mass is 10.1. The van der Waals surface area contributed by atoms with Crippen LogP contribution in [-0.4, -0.2) is 29.3 Å². The molecule has 0 heterocycles. The van der Waals surface area contributed by atoms with Gasteiger partial charge in [0.1, 0.15) is 0 Å². The van der Waals surface area contributed by atoms with E-state index >= 15 is 0 Å². The number of hydrogen-bond donors (Lipinski definition) is 0. The molecule has 0 saturated heterocycles. The van der Waals surface area contributed by atoms with Crippen molar-refractivity contribution >= 4 is 17.5 Å². The number of hydrogen-bond acceptors (Lipinski definition) is 1. The Kier molecular flexibility index (Phi) is 6.20. The number of aryl methyl sites for hydroxylation is 2. The average Bonchev–Trinajstić information content (AvgIpc) is 2.34. The molecule has 1 rings (SSSR count). The summed E-state index contributed by atoms with van der Waals surface area (Å²) in [6, 6.07) is 8.56. The summed E-state index contributed by atoms with van der Waals surface area (Å²) in [7, 11) is 0. The third kappa shape index (κ3) is 4.69. The van der Waals surface area contributed by atoms with E-state index in [-0.39, 0.29) is 11.9 Å². The third-order valence-corrected chi connectivity index (χ3v) is 3.19. The molecule has 0 unspecified atom stereocenters.